The predicted octanol–water partition coefficient (Wildman–Crippen LogP) is 0.819. The van der Waals surface area contributed by atoms with Crippen molar-refractivity contribution in [3.8, 4) is 0 Å². The fourth-order valence-corrected chi connectivity index (χ4v) is 4.90. The maximum absolute atomic E-state index is 13.1. The summed E-state index contributed by atoms with van der Waals surface area (Å²) in [5.41, 5.74) is 50.7. The lowest BCUT2D eigenvalue weighted by atomic mass is 10.0. The second kappa shape index (κ2) is 20.6. The van der Waals surface area contributed by atoms with E-state index in [4.69, 9.17) is 45.9 Å². The number of nitrogens with zero attached hydrogens (tertiary/aromatic N) is 8. The van der Waals surface area contributed by atoms with Crippen molar-refractivity contribution in [3.05, 3.63) is 94.0 Å². The van der Waals surface area contributed by atoms with Gasteiger partial charge in [-0.2, -0.15) is 20.4 Å². The molecule has 0 saturated carbocycles. The lowest BCUT2D eigenvalue weighted by Crippen LogP contribution is -2.22. The summed E-state index contributed by atoms with van der Waals surface area (Å²) in [7, 11) is 0. The highest BCUT2D eigenvalue weighted by atomic mass is 16.2. The summed E-state index contributed by atoms with van der Waals surface area (Å²) in [6.07, 6.45) is 1.27. The number of guanidine groups is 4. The smallest absolute Gasteiger partial charge is 0.224 e. The molecule has 0 heterocycles. The fraction of sp³-hybridized carbons (Fsp3) is 0.222. The Morgan fingerprint density at radius 1 is 0.446 bits per heavy atom. The van der Waals surface area contributed by atoms with Crippen LogP contribution >= 0.6 is 0 Å². The molecule has 0 unspecified atom stereocenters. The molecule has 20 heteroatoms. The lowest BCUT2D eigenvalue weighted by Gasteiger charge is -2.12. The topological polar surface area (TPSA) is 365 Å². The highest BCUT2D eigenvalue weighted by Crippen LogP contribution is 2.20. The van der Waals surface area contributed by atoms with E-state index in [1.165, 1.54) is 0 Å². The number of hydrogen-bond donors (Lipinski definition) is 10. The first-order valence-corrected chi connectivity index (χ1v) is 17.0. The molecule has 294 valence electrons. The van der Waals surface area contributed by atoms with Gasteiger partial charge in [-0.15, -0.1) is 20.4 Å². The summed E-state index contributed by atoms with van der Waals surface area (Å²) in [6.45, 7) is 6.87. The van der Waals surface area contributed by atoms with Crippen molar-refractivity contribution in [3.63, 3.8) is 0 Å². The van der Waals surface area contributed by atoms with Crippen molar-refractivity contribution in [1.82, 2.24) is 0 Å². The van der Waals surface area contributed by atoms with Crippen molar-refractivity contribution in [2.24, 2.45) is 86.7 Å². The highest BCUT2D eigenvalue weighted by molar-refractivity contribution is 6.07. The molecule has 0 aliphatic rings. The molecule has 2 amide bonds. The second-order valence-electron chi connectivity index (χ2n) is 12.4. The molecule has 0 radical (unpaired) electrons. The Balaban J connectivity index is 1.71. The van der Waals surface area contributed by atoms with E-state index >= 15 is 0 Å². The van der Waals surface area contributed by atoms with Crippen LogP contribution in [0.25, 0.3) is 0 Å². The number of anilines is 2. The van der Waals surface area contributed by atoms with E-state index in [0.717, 1.165) is 11.1 Å². The van der Waals surface area contributed by atoms with Crippen LogP contribution in [0.2, 0.25) is 0 Å². The van der Waals surface area contributed by atoms with E-state index < -0.39 is 0 Å². The molecule has 0 fully saturated rings. The van der Waals surface area contributed by atoms with Gasteiger partial charge in [0.15, 0.2) is 0 Å². The number of amides is 2. The Hall–Kier alpha value is -7.64. The van der Waals surface area contributed by atoms with E-state index in [2.05, 4.69) is 51.4 Å². The minimum Gasteiger partial charge on any atom is -0.369 e. The molecule has 20 nitrogen and oxygen atoms in total. The van der Waals surface area contributed by atoms with E-state index in [-0.39, 0.29) is 48.5 Å². The van der Waals surface area contributed by atoms with Crippen molar-refractivity contribution < 1.29 is 9.59 Å². The summed E-state index contributed by atoms with van der Waals surface area (Å²) in [5.74, 6) is -1.26. The van der Waals surface area contributed by atoms with Gasteiger partial charge in [0.25, 0.3) is 0 Å². The van der Waals surface area contributed by atoms with Gasteiger partial charge in [-0.05, 0) is 88.1 Å². The number of nitrogens with one attached hydrogen (secondary N) is 2. The molecule has 3 aromatic carbocycles. The number of carbonyl (C=O) groups is 2. The summed E-state index contributed by atoms with van der Waals surface area (Å²) in [6, 6.07) is 18.2. The first-order chi connectivity index (χ1) is 26.5. The number of hydrogen-bond acceptors (Lipinski definition) is 10. The minimum absolute atomic E-state index is 0.183. The number of benzene rings is 3. The third-order valence-electron chi connectivity index (χ3n) is 7.64. The zero-order valence-corrected chi connectivity index (χ0v) is 31.6. The summed E-state index contributed by atoms with van der Waals surface area (Å²) < 4.78 is 0. The van der Waals surface area contributed by atoms with Gasteiger partial charge >= 0.3 is 0 Å². The number of nitrogens with two attached hydrogens (primary N) is 8. The molecule has 0 bridgehead atoms. The molecule has 3 rings (SSSR count). The van der Waals surface area contributed by atoms with Gasteiger partial charge in [0.05, 0.1) is 22.8 Å². The van der Waals surface area contributed by atoms with Gasteiger partial charge < -0.3 is 56.5 Å². The highest BCUT2D eigenvalue weighted by Gasteiger charge is 2.12. The number of aryl methyl sites for hydroxylation is 2. The van der Waals surface area contributed by atoms with Gasteiger partial charge in [0, 0.05) is 46.5 Å². The van der Waals surface area contributed by atoms with Crippen LogP contribution in [0.3, 0.4) is 0 Å². The molecule has 0 saturated heterocycles. The number of rotatable bonds is 16. The van der Waals surface area contributed by atoms with Crippen LogP contribution in [-0.4, -0.2) is 58.5 Å². The van der Waals surface area contributed by atoms with Crippen molar-refractivity contribution in [2.75, 3.05) is 10.6 Å². The minimum atomic E-state index is -0.228. The van der Waals surface area contributed by atoms with Gasteiger partial charge in [0.1, 0.15) is 0 Å². The summed E-state index contributed by atoms with van der Waals surface area (Å²) in [4.78, 5) is 26.3. The maximum atomic E-state index is 13.1. The zero-order chi connectivity index (χ0) is 41.4. The largest absolute Gasteiger partial charge is 0.369 e. The van der Waals surface area contributed by atoms with Crippen LogP contribution in [0, 0.1) is 0 Å². The molecule has 56 heavy (non-hydrogen) atoms. The first-order valence-electron chi connectivity index (χ1n) is 17.0. The van der Waals surface area contributed by atoms with Crippen LogP contribution in [-0.2, 0) is 22.4 Å². The quantitative estimate of drug-likeness (QED) is 0.0556. The van der Waals surface area contributed by atoms with Crippen LogP contribution in [0.4, 0.5) is 11.4 Å². The van der Waals surface area contributed by atoms with Gasteiger partial charge in [-0.25, -0.2) is 0 Å². The monoisotopic (exact) mass is 764 g/mol. The Bertz CT molecular complexity index is 1910. The van der Waals surface area contributed by atoms with Crippen LogP contribution in [0.1, 0.15) is 73.9 Å². The lowest BCUT2D eigenvalue weighted by molar-refractivity contribution is -0.117. The van der Waals surface area contributed by atoms with Gasteiger partial charge in [-0.3, -0.25) is 9.59 Å². The van der Waals surface area contributed by atoms with Gasteiger partial charge in [0.2, 0.25) is 35.7 Å². The van der Waals surface area contributed by atoms with Gasteiger partial charge in [-0.1, -0.05) is 24.3 Å². The van der Waals surface area contributed by atoms with Crippen LogP contribution in [0.5, 0.6) is 0 Å². The van der Waals surface area contributed by atoms with Crippen molar-refractivity contribution in [1.29, 1.82) is 0 Å². The first kappa shape index (κ1) is 42.8. The molecule has 0 aliphatic heterocycles. The van der Waals surface area contributed by atoms with E-state index in [1.807, 2.05) is 24.3 Å². The summed E-state index contributed by atoms with van der Waals surface area (Å²) >= 11 is 0. The Morgan fingerprint density at radius 3 is 1.00 bits per heavy atom. The predicted molar refractivity (Wildman–Crippen MR) is 225 cm³/mol. The molecule has 0 spiro atoms. The average Bonchev–Trinajstić information content (AvgIpc) is 3.15. The fourth-order valence-electron chi connectivity index (χ4n) is 4.90. The second-order valence-corrected chi connectivity index (χ2v) is 12.4. The Kier molecular flexibility index (Phi) is 15.7. The maximum Gasteiger partial charge on any atom is 0.224 e. The normalized spacial score (nSPS) is 11.9. The number of carbonyl (C=O) groups excluding carboxylic acids is 2. The molecule has 0 aromatic heterocycles. The Morgan fingerprint density at radius 2 is 0.732 bits per heavy atom. The van der Waals surface area contributed by atoms with E-state index in [0.29, 0.717) is 69.3 Å². The SMILES string of the molecule is CC(=NN=C(N)N)c1cc(NC(=O)CCc2cccc(CCC(=O)Nc3cc(C(C)=NN=C(N)N)cc(C(C)=NN=C(N)N)c3)c2)cc(C(C)=NN=C(N)N)c1. The molecule has 0 atom stereocenters. The zero-order valence-electron chi connectivity index (χ0n) is 31.6. The van der Waals surface area contributed by atoms with Crippen molar-refractivity contribution >= 4 is 69.9 Å². The van der Waals surface area contributed by atoms with E-state index in [9.17, 15) is 9.59 Å². The molecule has 18 N–H and O–H groups in total. The van der Waals surface area contributed by atoms with Crippen LogP contribution < -0.4 is 56.5 Å². The standard InChI is InChI=1S/C36H48N18O2/c1-19(47-51-33(37)38)25-13-26(20(2)48-52-34(39)40)16-29(15-25)45-31(55)10-8-23-6-5-7-24(12-23)9-11-32(56)46-30-17-27(21(3)49-53-35(41)42)14-28(18-30)22(4)50-54-36(43)44/h5-7,12-18H,8-11H2,1-4H3,(H,45,55)(H,46,56)(H4,37,38,51)(H4,39,40,52)(H4,41,42,53)(H4,43,44,54). The van der Waals surface area contributed by atoms with E-state index in [1.54, 1.807) is 64.1 Å². The average molecular weight is 765 g/mol. The molecular weight excluding hydrogens is 717 g/mol. The molecular formula is C36H48N18O2. The van der Waals surface area contributed by atoms with Crippen molar-refractivity contribution in [2.45, 2.75) is 53.4 Å². The summed E-state index contributed by atoms with van der Waals surface area (Å²) in [5, 5.41) is 36.9. The third-order valence-corrected chi connectivity index (χ3v) is 7.64. The molecule has 3 aromatic rings. The molecule has 0 aliphatic carbocycles. The third kappa shape index (κ3) is 14.8. The Labute approximate surface area is 323 Å². The van der Waals surface area contributed by atoms with Crippen LogP contribution in [0.15, 0.2) is 101 Å².